The fourth-order valence-corrected chi connectivity index (χ4v) is 3.82. The summed E-state index contributed by atoms with van der Waals surface area (Å²) in [5.74, 6) is -0.113. The molecule has 5 heteroatoms. The Hall–Kier alpha value is -0.650. The lowest BCUT2D eigenvalue weighted by Crippen LogP contribution is -2.52. The Kier molecular flexibility index (Phi) is 5.63. The van der Waals surface area contributed by atoms with E-state index in [-0.39, 0.29) is 30.2 Å². The summed E-state index contributed by atoms with van der Waals surface area (Å²) in [6.07, 6.45) is 6.18. The van der Waals surface area contributed by atoms with Crippen molar-refractivity contribution < 1.29 is 19.0 Å². The number of ether oxygens (including phenoxy) is 3. The van der Waals surface area contributed by atoms with Gasteiger partial charge in [-0.3, -0.25) is 4.79 Å². The minimum absolute atomic E-state index is 0.166. The standard InChI is InChI=1S/C16H29NO4/c1-11-9-14(10-12(2)21-11)20-8-6-13-5-4-7-16(13,17)15(18)19-3/h11-14H,4-10,17H2,1-3H3. The van der Waals surface area contributed by atoms with Crippen LogP contribution in [0, 0.1) is 5.92 Å². The first kappa shape index (κ1) is 16.7. The number of carbonyl (C=O) groups is 1. The number of hydrogen-bond acceptors (Lipinski definition) is 5. The van der Waals surface area contributed by atoms with Gasteiger partial charge in [0.2, 0.25) is 0 Å². The van der Waals surface area contributed by atoms with Crippen molar-refractivity contribution in [2.24, 2.45) is 11.7 Å². The van der Waals surface area contributed by atoms with Crippen molar-refractivity contribution in [1.82, 2.24) is 0 Å². The van der Waals surface area contributed by atoms with Gasteiger partial charge in [-0.25, -0.2) is 0 Å². The fraction of sp³-hybridized carbons (Fsp3) is 0.938. The van der Waals surface area contributed by atoms with Crippen molar-refractivity contribution in [3.63, 3.8) is 0 Å². The van der Waals surface area contributed by atoms with Crippen molar-refractivity contribution in [2.45, 2.75) is 76.2 Å². The molecule has 0 aromatic carbocycles. The van der Waals surface area contributed by atoms with Gasteiger partial charge in [-0.05, 0) is 51.9 Å². The van der Waals surface area contributed by atoms with Crippen LogP contribution in [0.3, 0.4) is 0 Å². The van der Waals surface area contributed by atoms with Crippen LogP contribution in [0.2, 0.25) is 0 Å². The van der Waals surface area contributed by atoms with Crippen LogP contribution < -0.4 is 5.73 Å². The largest absolute Gasteiger partial charge is 0.468 e. The van der Waals surface area contributed by atoms with Gasteiger partial charge < -0.3 is 19.9 Å². The first-order valence-corrected chi connectivity index (χ1v) is 8.10. The molecule has 0 bridgehead atoms. The van der Waals surface area contributed by atoms with E-state index in [9.17, 15) is 4.79 Å². The molecule has 0 amide bonds. The Bertz CT molecular complexity index is 352. The van der Waals surface area contributed by atoms with Gasteiger partial charge in [-0.15, -0.1) is 0 Å². The second kappa shape index (κ2) is 7.07. The Balaban J connectivity index is 1.79. The molecule has 5 nitrogen and oxygen atoms in total. The molecule has 2 N–H and O–H groups in total. The first-order valence-electron chi connectivity index (χ1n) is 8.10. The van der Waals surface area contributed by atoms with E-state index in [1.54, 1.807) is 0 Å². The average Bonchev–Trinajstić information content (AvgIpc) is 2.79. The lowest BCUT2D eigenvalue weighted by atomic mass is 9.86. The predicted molar refractivity (Wildman–Crippen MR) is 79.9 cm³/mol. The molecule has 21 heavy (non-hydrogen) atoms. The molecular weight excluding hydrogens is 270 g/mol. The smallest absolute Gasteiger partial charge is 0.326 e. The van der Waals surface area contributed by atoms with Crippen molar-refractivity contribution in [3.05, 3.63) is 0 Å². The molecule has 1 heterocycles. The monoisotopic (exact) mass is 299 g/mol. The van der Waals surface area contributed by atoms with Gasteiger partial charge in [0, 0.05) is 6.61 Å². The Morgan fingerprint density at radius 3 is 2.62 bits per heavy atom. The maximum atomic E-state index is 11.9. The van der Waals surface area contributed by atoms with Gasteiger partial charge in [0.05, 0.1) is 25.4 Å². The highest BCUT2D eigenvalue weighted by molar-refractivity contribution is 5.81. The van der Waals surface area contributed by atoms with Crippen LogP contribution in [0.25, 0.3) is 0 Å². The Morgan fingerprint density at radius 1 is 1.33 bits per heavy atom. The third-order valence-corrected chi connectivity index (χ3v) is 4.91. The lowest BCUT2D eigenvalue weighted by Gasteiger charge is -2.33. The molecule has 2 fully saturated rings. The molecule has 4 atom stereocenters. The van der Waals surface area contributed by atoms with Crippen molar-refractivity contribution in [1.29, 1.82) is 0 Å². The van der Waals surface area contributed by atoms with Crippen LogP contribution in [-0.2, 0) is 19.0 Å². The fourth-order valence-electron chi connectivity index (χ4n) is 3.82. The van der Waals surface area contributed by atoms with E-state index in [1.807, 2.05) is 0 Å². The van der Waals surface area contributed by atoms with Crippen LogP contribution in [0.1, 0.15) is 52.4 Å². The lowest BCUT2D eigenvalue weighted by molar-refractivity contribution is -0.149. The van der Waals surface area contributed by atoms with Crippen molar-refractivity contribution in [2.75, 3.05) is 13.7 Å². The molecule has 0 aromatic rings. The molecule has 1 aliphatic carbocycles. The molecule has 1 aliphatic heterocycles. The SMILES string of the molecule is COC(=O)C1(N)CCCC1CCOC1CC(C)OC(C)C1. The first-order chi connectivity index (χ1) is 9.95. The quantitative estimate of drug-likeness (QED) is 0.786. The summed E-state index contributed by atoms with van der Waals surface area (Å²) in [6, 6.07) is 0. The summed E-state index contributed by atoms with van der Waals surface area (Å²) in [5.41, 5.74) is 5.46. The van der Waals surface area contributed by atoms with E-state index in [0.29, 0.717) is 6.61 Å². The summed E-state index contributed by atoms with van der Waals surface area (Å²) in [4.78, 5) is 11.9. The van der Waals surface area contributed by atoms with E-state index >= 15 is 0 Å². The maximum Gasteiger partial charge on any atom is 0.326 e. The molecule has 122 valence electrons. The Labute approximate surface area is 127 Å². The maximum absolute atomic E-state index is 11.9. The number of hydrogen-bond donors (Lipinski definition) is 1. The third kappa shape index (κ3) is 3.96. The van der Waals surface area contributed by atoms with Crippen LogP contribution in [0.4, 0.5) is 0 Å². The Morgan fingerprint density at radius 2 is 2.00 bits per heavy atom. The van der Waals surface area contributed by atoms with Gasteiger partial charge in [-0.1, -0.05) is 6.42 Å². The second-order valence-corrected chi connectivity index (χ2v) is 6.63. The zero-order valence-electron chi connectivity index (χ0n) is 13.5. The minimum atomic E-state index is -0.811. The summed E-state index contributed by atoms with van der Waals surface area (Å²) in [6.45, 7) is 4.83. The molecule has 0 aromatic heterocycles. The molecule has 0 spiro atoms. The number of rotatable bonds is 5. The molecule has 0 radical (unpaired) electrons. The highest BCUT2D eigenvalue weighted by Crippen LogP contribution is 2.37. The highest BCUT2D eigenvalue weighted by Gasteiger charge is 2.46. The number of nitrogens with two attached hydrogens (primary N) is 1. The zero-order chi connectivity index (χ0) is 15.5. The second-order valence-electron chi connectivity index (χ2n) is 6.63. The molecule has 4 unspecified atom stereocenters. The molecule has 1 saturated carbocycles. The van der Waals surface area contributed by atoms with E-state index in [0.717, 1.165) is 38.5 Å². The van der Waals surface area contributed by atoms with Gasteiger partial charge in [0.15, 0.2) is 0 Å². The molecular formula is C16H29NO4. The van der Waals surface area contributed by atoms with Crippen molar-refractivity contribution >= 4 is 5.97 Å². The van der Waals surface area contributed by atoms with Gasteiger partial charge in [0.1, 0.15) is 5.54 Å². The summed E-state index contributed by atoms with van der Waals surface area (Å²) >= 11 is 0. The van der Waals surface area contributed by atoms with Gasteiger partial charge in [-0.2, -0.15) is 0 Å². The zero-order valence-corrected chi connectivity index (χ0v) is 13.5. The summed E-state index contributed by atoms with van der Waals surface area (Å²) in [7, 11) is 1.41. The summed E-state index contributed by atoms with van der Waals surface area (Å²) in [5, 5.41) is 0. The molecule has 2 aliphatic rings. The third-order valence-electron chi connectivity index (χ3n) is 4.91. The number of carbonyl (C=O) groups excluding carboxylic acids is 1. The van der Waals surface area contributed by atoms with E-state index in [1.165, 1.54) is 7.11 Å². The van der Waals surface area contributed by atoms with Crippen LogP contribution in [0.15, 0.2) is 0 Å². The van der Waals surface area contributed by atoms with Crippen LogP contribution in [0.5, 0.6) is 0 Å². The highest BCUT2D eigenvalue weighted by atomic mass is 16.5. The molecule has 1 saturated heterocycles. The van der Waals surface area contributed by atoms with Gasteiger partial charge >= 0.3 is 5.97 Å². The molecule has 2 rings (SSSR count). The van der Waals surface area contributed by atoms with Crippen molar-refractivity contribution in [3.8, 4) is 0 Å². The summed E-state index contributed by atoms with van der Waals surface area (Å²) < 4.78 is 16.6. The van der Waals surface area contributed by atoms with Gasteiger partial charge in [0.25, 0.3) is 0 Å². The predicted octanol–water partition coefficient (Wildman–Crippen LogP) is 2.02. The van der Waals surface area contributed by atoms with E-state index in [4.69, 9.17) is 19.9 Å². The number of esters is 1. The van der Waals surface area contributed by atoms with Crippen LogP contribution >= 0.6 is 0 Å². The number of methoxy groups -OCH3 is 1. The average molecular weight is 299 g/mol. The minimum Gasteiger partial charge on any atom is -0.468 e. The van der Waals surface area contributed by atoms with E-state index < -0.39 is 5.54 Å². The normalized spacial score (nSPS) is 40.2. The topological polar surface area (TPSA) is 70.8 Å². The van der Waals surface area contributed by atoms with E-state index in [2.05, 4.69) is 13.8 Å². The van der Waals surface area contributed by atoms with Crippen LogP contribution in [-0.4, -0.2) is 43.5 Å².